The van der Waals surface area contributed by atoms with Crippen molar-refractivity contribution in [1.82, 2.24) is 4.90 Å². The summed E-state index contributed by atoms with van der Waals surface area (Å²) in [5.74, 6) is 1.13. The molecule has 0 aliphatic carbocycles. The molecule has 0 radical (unpaired) electrons. The standard InChI is InChI=1S/C42H43N3O4/c1-5-37(31-33-21-25-36(26-22-33)45(34-15-9-7-10-16-34)35-17-11-8-12-18-35)49-42(43-40-20-14-13-19-39(40)41(46)48-6-2)44(3)30-29-32-23-27-38(47-4)28-24-32/h7-28,31H,5-6,29-30H2,1-4H3/b37-31+,43-42?. The lowest BCUT2D eigenvalue weighted by Gasteiger charge is -2.25. The molecule has 0 saturated carbocycles. The molecule has 5 aromatic carbocycles. The van der Waals surface area contributed by atoms with Gasteiger partial charge in [-0.15, -0.1) is 0 Å². The maximum atomic E-state index is 12.8. The van der Waals surface area contributed by atoms with E-state index in [0.29, 0.717) is 30.2 Å². The number of allylic oxidation sites excluding steroid dienone is 1. The Bertz CT molecular complexity index is 1800. The summed E-state index contributed by atoms with van der Waals surface area (Å²) in [5.41, 5.74) is 6.22. The van der Waals surface area contributed by atoms with Gasteiger partial charge in [-0.3, -0.25) is 0 Å². The van der Waals surface area contributed by atoms with E-state index in [0.717, 1.165) is 46.1 Å². The second kappa shape index (κ2) is 17.4. The number of likely N-dealkylation sites (N-methyl/N-ethyl adjacent to an activating group) is 1. The molecule has 0 heterocycles. The molecule has 7 nitrogen and oxygen atoms in total. The highest BCUT2D eigenvalue weighted by Crippen LogP contribution is 2.34. The molecule has 0 fully saturated rings. The number of benzene rings is 5. The summed E-state index contributed by atoms with van der Waals surface area (Å²) in [6.45, 7) is 4.75. The predicted octanol–water partition coefficient (Wildman–Crippen LogP) is 9.97. The van der Waals surface area contributed by atoms with Gasteiger partial charge in [0.2, 0.25) is 0 Å². The molecule has 0 aromatic heterocycles. The Balaban J connectivity index is 1.43. The molecule has 250 valence electrons. The fourth-order valence-corrected chi connectivity index (χ4v) is 5.25. The number of aliphatic imine (C=N–C) groups is 1. The summed E-state index contributed by atoms with van der Waals surface area (Å²) in [6.07, 6.45) is 3.42. The zero-order chi connectivity index (χ0) is 34.4. The van der Waals surface area contributed by atoms with Crippen LogP contribution in [0.25, 0.3) is 6.08 Å². The molecule has 0 amide bonds. The molecule has 0 aliphatic heterocycles. The van der Waals surface area contributed by atoms with E-state index >= 15 is 0 Å². The van der Waals surface area contributed by atoms with Crippen LogP contribution in [0, 0.1) is 0 Å². The zero-order valence-electron chi connectivity index (χ0n) is 28.6. The van der Waals surface area contributed by atoms with Crippen LogP contribution < -0.4 is 9.64 Å². The minimum absolute atomic E-state index is 0.276. The number of hydrogen-bond donors (Lipinski definition) is 0. The maximum Gasteiger partial charge on any atom is 0.340 e. The minimum atomic E-state index is -0.423. The van der Waals surface area contributed by atoms with Crippen LogP contribution >= 0.6 is 0 Å². The summed E-state index contributed by atoms with van der Waals surface area (Å²) in [5, 5.41) is 0. The number of nitrogens with zero attached hydrogens (tertiary/aromatic N) is 3. The average molecular weight is 654 g/mol. The van der Waals surface area contributed by atoms with Gasteiger partial charge in [0.1, 0.15) is 11.5 Å². The summed E-state index contributed by atoms with van der Waals surface area (Å²) in [4.78, 5) is 21.9. The van der Waals surface area contributed by atoms with E-state index in [9.17, 15) is 4.79 Å². The van der Waals surface area contributed by atoms with Crippen LogP contribution in [0.5, 0.6) is 5.75 Å². The number of carbonyl (C=O) groups excluding carboxylic acids is 1. The molecule has 7 heteroatoms. The van der Waals surface area contributed by atoms with Crippen molar-refractivity contribution in [3.63, 3.8) is 0 Å². The average Bonchev–Trinajstić information content (AvgIpc) is 3.15. The first kappa shape index (κ1) is 34.5. The first-order valence-corrected chi connectivity index (χ1v) is 16.6. The molecule has 0 bridgehead atoms. The predicted molar refractivity (Wildman–Crippen MR) is 199 cm³/mol. The van der Waals surface area contributed by atoms with Gasteiger partial charge in [0.25, 0.3) is 6.02 Å². The van der Waals surface area contributed by atoms with Crippen molar-refractivity contribution in [3.8, 4) is 5.75 Å². The lowest BCUT2D eigenvalue weighted by Crippen LogP contribution is -2.31. The van der Waals surface area contributed by atoms with Gasteiger partial charge in [0, 0.05) is 37.1 Å². The van der Waals surface area contributed by atoms with Crippen molar-refractivity contribution >= 4 is 40.8 Å². The van der Waals surface area contributed by atoms with Crippen LogP contribution in [0.2, 0.25) is 0 Å². The molecule has 0 N–H and O–H groups in total. The highest BCUT2D eigenvalue weighted by molar-refractivity contribution is 5.96. The number of ether oxygens (including phenoxy) is 3. The quantitative estimate of drug-likeness (QED) is 0.0546. The van der Waals surface area contributed by atoms with Crippen LogP contribution in [-0.2, 0) is 15.9 Å². The van der Waals surface area contributed by atoms with Crippen LogP contribution in [0.4, 0.5) is 22.7 Å². The number of methoxy groups -OCH3 is 1. The van der Waals surface area contributed by atoms with Crippen molar-refractivity contribution in [3.05, 3.63) is 156 Å². The van der Waals surface area contributed by atoms with Crippen molar-refractivity contribution < 1.29 is 19.0 Å². The van der Waals surface area contributed by atoms with Crippen molar-refractivity contribution in [1.29, 1.82) is 0 Å². The number of rotatable bonds is 13. The van der Waals surface area contributed by atoms with Gasteiger partial charge in [0.05, 0.1) is 25.0 Å². The second-order valence-electron chi connectivity index (χ2n) is 11.3. The van der Waals surface area contributed by atoms with Crippen molar-refractivity contribution in [2.24, 2.45) is 4.99 Å². The number of carbonyl (C=O) groups is 1. The van der Waals surface area contributed by atoms with E-state index < -0.39 is 5.97 Å². The number of hydrogen-bond acceptors (Lipinski definition) is 6. The molecule has 0 unspecified atom stereocenters. The van der Waals surface area contributed by atoms with Gasteiger partial charge in [-0.25, -0.2) is 4.79 Å². The summed E-state index contributed by atoms with van der Waals surface area (Å²) >= 11 is 0. The monoisotopic (exact) mass is 653 g/mol. The van der Waals surface area contributed by atoms with E-state index in [1.165, 1.54) is 0 Å². The zero-order valence-corrected chi connectivity index (χ0v) is 28.6. The normalized spacial score (nSPS) is 11.5. The van der Waals surface area contributed by atoms with Gasteiger partial charge in [-0.2, -0.15) is 4.99 Å². The molecule has 0 atom stereocenters. The Morgan fingerprint density at radius 3 is 1.92 bits per heavy atom. The van der Waals surface area contributed by atoms with Crippen LogP contribution in [0.1, 0.15) is 41.8 Å². The molecule has 0 saturated heterocycles. The van der Waals surface area contributed by atoms with Crippen LogP contribution in [-0.4, -0.2) is 44.2 Å². The molecule has 0 aliphatic rings. The largest absolute Gasteiger partial charge is 0.497 e. The molecule has 49 heavy (non-hydrogen) atoms. The minimum Gasteiger partial charge on any atom is -0.497 e. The van der Waals surface area contributed by atoms with Gasteiger partial charge in [-0.1, -0.05) is 79.7 Å². The Morgan fingerprint density at radius 2 is 1.33 bits per heavy atom. The second-order valence-corrected chi connectivity index (χ2v) is 11.3. The highest BCUT2D eigenvalue weighted by Gasteiger charge is 2.17. The van der Waals surface area contributed by atoms with E-state index in [1.54, 1.807) is 32.2 Å². The van der Waals surface area contributed by atoms with Gasteiger partial charge < -0.3 is 24.0 Å². The third kappa shape index (κ3) is 9.39. The Kier molecular flexibility index (Phi) is 12.2. The van der Waals surface area contributed by atoms with Crippen LogP contribution in [0.3, 0.4) is 0 Å². The topological polar surface area (TPSA) is 63.6 Å². The maximum absolute atomic E-state index is 12.8. The lowest BCUT2D eigenvalue weighted by atomic mass is 10.1. The summed E-state index contributed by atoms with van der Waals surface area (Å²) in [6, 6.07) is 44.7. The van der Waals surface area contributed by atoms with Crippen molar-refractivity contribution in [2.45, 2.75) is 26.7 Å². The molecular formula is C42H43N3O4. The number of para-hydroxylation sites is 3. The third-order valence-electron chi connectivity index (χ3n) is 7.92. The Labute approximate surface area is 289 Å². The summed E-state index contributed by atoms with van der Waals surface area (Å²) in [7, 11) is 3.60. The van der Waals surface area contributed by atoms with E-state index in [-0.39, 0.29) is 6.61 Å². The first-order valence-electron chi connectivity index (χ1n) is 16.6. The Hall–Kier alpha value is -5.82. The van der Waals surface area contributed by atoms with E-state index in [1.807, 2.05) is 79.5 Å². The van der Waals surface area contributed by atoms with Gasteiger partial charge in [-0.05, 0) is 91.2 Å². The first-order chi connectivity index (χ1) is 24.0. The SMILES string of the molecule is CCOC(=O)c1ccccc1N=C(O/C(=C/c1ccc(N(c2ccccc2)c2ccccc2)cc1)CC)N(C)CCc1ccc(OC)cc1. The highest BCUT2D eigenvalue weighted by atomic mass is 16.5. The smallest absolute Gasteiger partial charge is 0.340 e. The lowest BCUT2D eigenvalue weighted by molar-refractivity contribution is 0.0527. The molecular weight excluding hydrogens is 610 g/mol. The molecule has 0 spiro atoms. The number of esters is 1. The fraction of sp³-hybridized carbons (Fsp3) is 0.190. The molecule has 5 aromatic rings. The van der Waals surface area contributed by atoms with Crippen LogP contribution in [0.15, 0.2) is 144 Å². The van der Waals surface area contributed by atoms with Crippen molar-refractivity contribution in [2.75, 3.05) is 32.2 Å². The third-order valence-corrected chi connectivity index (χ3v) is 7.92. The van der Waals surface area contributed by atoms with Gasteiger partial charge >= 0.3 is 5.97 Å². The molecule has 5 rings (SSSR count). The van der Waals surface area contributed by atoms with E-state index in [4.69, 9.17) is 19.2 Å². The summed E-state index contributed by atoms with van der Waals surface area (Å²) < 4.78 is 17.2. The Morgan fingerprint density at radius 1 is 0.735 bits per heavy atom. The number of amidine groups is 1. The fourth-order valence-electron chi connectivity index (χ4n) is 5.25. The number of anilines is 3. The van der Waals surface area contributed by atoms with Gasteiger partial charge in [0.15, 0.2) is 0 Å². The van der Waals surface area contributed by atoms with E-state index in [2.05, 4.69) is 65.6 Å².